The monoisotopic (exact) mass is 388 g/mol. The van der Waals surface area contributed by atoms with Gasteiger partial charge in [0.05, 0.1) is 12.0 Å². The predicted octanol–water partition coefficient (Wildman–Crippen LogP) is 3.33. The molecule has 1 heterocycles. The Morgan fingerprint density at radius 2 is 1.74 bits per heavy atom. The molecular formula is C21H28N2O3S. The number of hydrogen-bond donors (Lipinski definition) is 1. The summed E-state index contributed by atoms with van der Waals surface area (Å²) in [6, 6.07) is 13.1. The lowest BCUT2D eigenvalue weighted by molar-refractivity contribution is 0.330. The summed E-state index contributed by atoms with van der Waals surface area (Å²) in [7, 11) is -1.98. The first-order valence-corrected chi connectivity index (χ1v) is 11.0. The molecule has 0 bridgehead atoms. The molecule has 1 fully saturated rings. The maximum Gasteiger partial charge on any atom is 0.240 e. The smallest absolute Gasteiger partial charge is 0.240 e. The Kier molecular flexibility index (Phi) is 6.52. The highest BCUT2D eigenvalue weighted by atomic mass is 32.2. The van der Waals surface area contributed by atoms with Gasteiger partial charge >= 0.3 is 0 Å². The molecule has 0 amide bonds. The molecule has 0 aliphatic carbocycles. The van der Waals surface area contributed by atoms with Crippen molar-refractivity contribution in [3.8, 4) is 5.75 Å². The van der Waals surface area contributed by atoms with Crippen LogP contribution in [0.4, 0.5) is 0 Å². The van der Waals surface area contributed by atoms with Gasteiger partial charge in [0.15, 0.2) is 0 Å². The summed E-state index contributed by atoms with van der Waals surface area (Å²) in [6.45, 7) is 5.38. The minimum absolute atomic E-state index is 0.275. The number of hydrogen-bond acceptors (Lipinski definition) is 4. The molecule has 2 aromatic rings. The van der Waals surface area contributed by atoms with E-state index in [4.69, 9.17) is 4.74 Å². The molecule has 0 aromatic heterocycles. The van der Waals surface area contributed by atoms with Crippen LogP contribution in [-0.2, 0) is 29.5 Å². The lowest BCUT2D eigenvalue weighted by atomic mass is 10.1. The van der Waals surface area contributed by atoms with Gasteiger partial charge in [-0.15, -0.1) is 0 Å². The largest absolute Gasteiger partial charge is 0.496 e. The first-order valence-electron chi connectivity index (χ1n) is 9.49. The number of benzene rings is 2. The first kappa shape index (κ1) is 19.9. The van der Waals surface area contributed by atoms with E-state index in [1.165, 1.54) is 18.4 Å². The maximum atomic E-state index is 12.8. The molecule has 5 nitrogen and oxygen atoms in total. The third-order valence-electron chi connectivity index (χ3n) is 5.11. The van der Waals surface area contributed by atoms with Crippen LogP contribution in [0.5, 0.6) is 5.75 Å². The van der Waals surface area contributed by atoms with Crippen LogP contribution < -0.4 is 9.46 Å². The SMILES string of the molecule is CCc1cc(S(=O)(=O)NCc2ccccc2CN2CCCC2)ccc1OC. The first-order chi connectivity index (χ1) is 13.0. The van der Waals surface area contributed by atoms with Crippen molar-refractivity contribution >= 4 is 10.0 Å². The number of ether oxygens (including phenoxy) is 1. The number of methoxy groups -OCH3 is 1. The molecule has 2 aromatic carbocycles. The molecule has 0 atom stereocenters. The van der Waals surface area contributed by atoms with Gasteiger partial charge in [-0.1, -0.05) is 31.2 Å². The normalized spacial score (nSPS) is 15.2. The van der Waals surface area contributed by atoms with Crippen LogP contribution in [0.3, 0.4) is 0 Å². The number of rotatable bonds is 8. The molecule has 0 radical (unpaired) electrons. The molecule has 3 rings (SSSR count). The standard InChI is InChI=1S/C21H28N2O3S/c1-3-17-14-20(10-11-21(17)26-2)27(24,25)22-15-18-8-4-5-9-19(18)16-23-12-6-7-13-23/h4-5,8-11,14,22H,3,6-7,12-13,15-16H2,1-2H3. The zero-order valence-electron chi connectivity index (χ0n) is 16.1. The summed E-state index contributed by atoms with van der Waals surface area (Å²) in [5.41, 5.74) is 3.10. The summed E-state index contributed by atoms with van der Waals surface area (Å²) in [6.07, 6.45) is 3.20. The Balaban J connectivity index is 1.74. The summed E-state index contributed by atoms with van der Waals surface area (Å²) in [5.74, 6) is 0.715. The van der Waals surface area contributed by atoms with Crippen molar-refractivity contribution in [1.82, 2.24) is 9.62 Å². The van der Waals surface area contributed by atoms with E-state index in [2.05, 4.69) is 15.7 Å². The van der Waals surface area contributed by atoms with Crippen molar-refractivity contribution in [1.29, 1.82) is 0 Å². The minimum atomic E-state index is -3.58. The zero-order chi connectivity index (χ0) is 19.3. The molecule has 0 saturated carbocycles. The van der Waals surface area contributed by atoms with Crippen LogP contribution in [0.2, 0.25) is 0 Å². The molecule has 1 aliphatic heterocycles. The molecule has 1 N–H and O–H groups in total. The Bertz CT molecular complexity index is 875. The maximum absolute atomic E-state index is 12.8. The van der Waals surface area contributed by atoms with E-state index in [1.54, 1.807) is 25.3 Å². The lowest BCUT2D eigenvalue weighted by Crippen LogP contribution is -2.25. The van der Waals surface area contributed by atoms with Crippen molar-refractivity contribution in [2.45, 2.75) is 44.2 Å². The number of sulfonamides is 1. The summed E-state index contributed by atoms with van der Waals surface area (Å²) in [4.78, 5) is 2.70. The van der Waals surface area contributed by atoms with Crippen LogP contribution in [0.1, 0.15) is 36.5 Å². The second-order valence-corrected chi connectivity index (χ2v) is 8.67. The Morgan fingerprint density at radius 1 is 1.04 bits per heavy atom. The Hall–Kier alpha value is -1.89. The molecular weight excluding hydrogens is 360 g/mol. The van der Waals surface area contributed by atoms with Crippen molar-refractivity contribution < 1.29 is 13.2 Å². The third kappa shape index (κ3) is 4.89. The van der Waals surface area contributed by atoms with Crippen molar-refractivity contribution in [2.24, 2.45) is 0 Å². The van der Waals surface area contributed by atoms with Gasteiger partial charge in [0.2, 0.25) is 10.0 Å². The average Bonchev–Trinajstić information content (AvgIpc) is 3.20. The number of aryl methyl sites for hydroxylation is 1. The molecule has 1 aliphatic rings. The zero-order valence-corrected chi connectivity index (χ0v) is 16.9. The van der Waals surface area contributed by atoms with Crippen LogP contribution >= 0.6 is 0 Å². The van der Waals surface area contributed by atoms with Crippen molar-refractivity contribution in [2.75, 3.05) is 20.2 Å². The van der Waals surface area contributed by atoms with E-state index < -0.39 is 10.0 Å². The van der Waals surface area contributed by atoms with Crippen LogP contribution in [0.15, 0.2) is 47.4 Å². The van der Waals surface area contributed by atoms with E-state index >= 15 is 0 Å². The Morgan fingerprint density at radius 3 is 2.41 bits per heavy atom. The van der Waals surface area contributed by atoms with Gasteiger partial charge in [0.1, 0.15) is 5.75 Å². The lowest BCUT2D eigenvalue weighted by Gasteiger charge is -2.18. The highest BCUT2D eigenvalue weighted by Crippen LogP contribution is 2.23. The van der Waals surface area contributed by atoms with Crippen LogP contribution in [0, 0.1) is 0 Å². The number of nitrogens with zero attached hydrogens (tertiary/aromatic N) is 1. The van der Waals surface area contributed by atoms with E-state index in [0.717, 1.165) is 30.8 Å². The quantitative estimate of drug-likeness (QED) is 0.754. The van der Waals surface area contributed by atoms with E-state index in [-0.39, 0.29) is 4.90 Å². The van der Waals surface area contributed by atoms with Crippen molar-refractivity contribution in [3.63, 3.8) is 0 Å². The third-order valence-corrected chi connectivity index (χ3v) is 6.51. The predicted molar refractivity (Wildman–Crippen MR) is 107 cm³/mol. The van der Waals surface area contributed by atoms with Crippen LogP contribution in [0.25, 0.3) is 0 Å². The summed E-state index contributed by atoms with van der Waals surface area (Å²) < 4.78 is 33.6. The van der Waals surface area contributed by atoms with Crippen LogP contribution in [-0.4, -0.2) is 33.5 Å². The fraction of sp³-hybridized carbons (Fsp3) is 0.429. The van der Waals surface area contributed by atoms with Gasteiger partial charge in [-0.3, -0.25) is 4.90 Å². The number of nitrogens with one attached hydrogen (secondary N) is 1. The topological polar surface area (TPSA) is 58.6 Å². The molecule has 1 saturated heterocycles. The van der Waals surface area contributed by atoms with E-state index in [9.17, 15) is 8.42 Å². The number of likely N-dealkylation sites (tertiary alicyclic amines) is 1. The summed E-state index contributed by atoms with van der Waals surface area (Å²) in [5, 5.41) is 0. The van der Waals surface area contributed by atoms with Gasteiger partial charge in [-0.25, -0.2) is 13.1 Å². The van der Waals surface area contributed by atoms with Gasteiger partial charge in [-0.2, -0.15) is 0 Å². The molecule has 0 unspecified atom stereocenters. The molecule has 27 heavy (non-hydrogen) atoms. The van der Waals surface area contributed by atoms with Gasteiger partial charge in [0.25, 0.3) is 0 Å². The minimum Gasteiger partial charge on any atom is -0.496 e. The van der Waals surface area contributed by atoms with Gasteiger partial charge in [-0.05, 0) is 67.2 Å². The molecule has 0 spiro atoms. The fourth-order valence-corrected chi connectivity index (χ4v) is 4.58. The summed E-state index contributed by atoms with van der Waals surface area (Å²) >= 11 is 0. The second kappa shape index (κ2) is 8.87. The van der Waals surface area contributed by atoms with Gasteiger partial charge in [0, 0.05) is 13.1 Å². The second-order valence-electron chi connectivity index (χ2n) is 6.90. The molecule has 146 valence electrons. The van der Waals surface area contributed by atoms with E-state index in [0.29, 0.717) is 18.7 Å². The molecule has 6 heteroatoms. The average molecular weight is 389 g/mol. The highest BCUT2D eigenvalue weighted by molar-refractivity contribution is 7.89. The highest BCUT2D eigenvalue weighted by Gasteiger charge is 2.18. The fourth-order valence-electron chi connectivity index (χ4n) is 3.52. The van der Waals surface area contributed by atoms with Crippen molar-refractivity contribution in [3.05, 3.63) is 59.2 Å². The Labute approximate surface area is 162 Å². The van der Waals surface area contributed by atoms with E-state index in [1.807, 2.05) is 25.1 Å². The van der Waals surface area contributed by atoms with Gasteiger partial charge < -0.3 is 4.74 Å².